The molecule has 1 aromatic rings. The van der Waals surface area contributed by atoms with Gasteiger partial charge < -0.3 is 5.73 Å². The average Bonchev–Trinajstić information content (AvgIpc) is 2.27. The number of hydrogen-bond acceptors (Lipinski definition) is 2. The van der Waals surface area contributed by atoms with Crippen LogP contribution in [0.5, 0.6) is 0 Å². The maximum atomic E-state index is 13.4. The molecule has 0 spiro atoms. The molecule has 0 amide bonds. The number of carbonyl (C=O) groups is 1. The quantitative estimate of drug-likeness (QED) is 0.803. The molecule has 1 aromatic carbocycles. The van der Waals surface area contributed by atoms with Gasteiger partial charge in [-0.25, -0.2) is 8.78 Å². The van der Waals surface area contributed by atoms with E-state index in [1.807, 2.05) is 0 Å². The van der Waals surface area contributed by atoms with Gasteiger partial charge in [0.05, 0.1) is 11.1 Å². The Hall–Kier alpha value is -1.29. The van der Waals surface area contributed by atoms with Gasteiger partial charge >= 0.3 is 0 Å². The summed E-state index contributed by atoms with van der Waals surface area (Å²) < 4.78 is 26.8. The largest absolute Gasteiger partial charge is 0.319 e. The fourth-order valence-electron chi connectivity index (χ4n) is 1.53. The van der Waals surface area contributed by atoms with Crippen molar-refractivity contribution < 1.29 is 13.6 Å². The number of nitrogens with two attached hydrogens (primary N) is 1. The van der Waals surface area contributed by atoms with Gasteiger partial charge in [0, 0.05) is 0 Å². The highest BCUT2D eigenvalue weighted by Crippen LogP contribution is 2.22. The third-order valence-corrected chi connectivity index (χ3v) is 2.90. The Morgan fingerprint density at radius 2 is 1.69 bits per heavy atom. The third kappa shape index (κ3) is 2.11. The van der Waals surface area contributed by atoms with Crippen molar-refractivity contribution in [3.63, 3.8) is 0 Å². The van der Waals surface area contributed by atoms with E-state index in [0.717, 1.165) is 12.1 Å². The molecular weight excluding hydrogens is 212 g/mol. The van der Waals surface area contributed by atoms with Crippen molar-refractivity contribution in [2.75, 3.05) is 0 Å². The first-order chi connectivity index (χ1) is 7.46. The molecule has 0 unspecified atom stereocenters. The predicted molar refractivity (Wildman–Crippen MR) is 58.2 cm³/mol. The molecule has 0 atom stereocenters. The SMILES string of the molecule is CCC(N)(CC)C(=O)c1c(F)cccc1F. The van der Waals surface area contributed by atoms with E-state index in [1.54, 1.807) is 13.8 Å². The fourth-order valence-corrected chi connectivity index (χ4v) is 1.53. The molecule has 16 heavy (non-hydrogen) atoms. The summed E-state index contributed by atoms with van der Waals surface area (Å²) in [5, 5.41) is 0. The maximum Gasteiger partial charge on any atom is 0.188 e. The summed E-state index contributed by atoms with van der Waals surface area (Å²) in [6.07, 6.45) is 0.687. The molecule has 0 aromatic heterocycles. The van der Waals surface area contributed by atoms with Gasteiger partial charge in [-0.15, -0.1) is 0 Å². The minimum Gasteiger partial charge on any atom is -0.319 e. The highest BCUT2D eigenvalue weighted by molar-refractivity contribution is 6.03. The average molecular weight is 227 g/mol. The molecule has 0 aliphatic carbocycles. The summed E-state index contributed by atoms with van der Waals surface area (Å²) >= 11 is 0. The zero-order valence-corrected chi connectivity index (χ0v) is 9.39. The smallest absolute Gasteiger partial charge is 0.188 e. The molecule has 0 heterocycles. The minimum absolute atomic E-state index is 0.343. The number of carbonyl (C=O) groups excluding carboxylic acids is 1. The first-order valence-electron chi connectivity index (χ1n) is 5.24. The van der Waals surface area contributed by atoms with E-state index in [4.69, 9.17) is 5.73 Å². The monoisotopic (exact) mass is 227 g/mol. The van der Waals surface area contributed by atoms with Crippen molar-refractivity contribution in [1.82, 2.24) is 0 Å². The molecular formula is C12H15F2NO. The molecule has 0 bridgehead atoms. The van der Waals surface area contributed by atoms with Crippen molar-refractivity contribution in [2.24, 2.45) is 5.73 Å². The topological polar surface area (TPSA) is 43.1 Å². The van der Waals surface area contributed by atoms with Crippen LogP contribution < -0.4 is 5.73 Å². The van der Waals surface area contributed by atoms with Crippen LogP contribution in [0, 0.1) is 11.6 Å². The fraction of sp³-hybridized carbons (Fsp3) is 0.417. The van der Waals surface area contributed by atoms with E-state index in [1.165, 1.54) is 6.07 Å². The van der Waals surface area contributed by atoms with Crippen LogP contribution in [0.2, 0.25) is 0 Å². The van der Waals surface area contributed by atoms with Crippen LogP contribution in [0.4, 0.5) is 8.78 Å². The Bertz CT molecular complexity index is 380. The van der Waals surface area contributed by atoms with E-state index in [0.29, 0.717) is 12.8 Å². The number of benzene rings is 1. The second-order valence-corrected chi connectivity index (χ2v) is 3.79. The number of hydrogen-bond donors (Lipinski definition) is 1. The van der Waals surface area contributed by atoms with Gasteiger partial charge in [0.1, 0.15) is 11.6 Å². The summed E-state index contributed by atoms with van der Waals surface area (Å²) in [7, 11) is 0. The molecule has 2 nitrogen and oxygen atoms in total. The molecule has 0 aliphatic heterocycles. The van der Waals surface area contributed by atoms with E-state index in [2.05, 4.69) is 0 Å². The van der Waals surface area contributed by atoms with Gasteiger partial charge in [-0.2, -0.15) is 0 Å². The van der Waals surface area contributed by atoms with Crippen molar-refractivity contribution >= 4 is 5.78 Å². The lowest BCUT2D eigenvalue weighted by Gasteiger charge is -2.25. The Morgan fingerprint density at radius 1 is 1.25 bits per heavy atom. The Kier molecular flexibility index (Phi) is 3.75. The number of ketones is 1. The second-order valence-electron chi connectivity index (χ2n) is 3.79. The lowest BCUT2D eigenvalue weighted by atomic mass is 9.85. The molecule has 88 valence electrons. The van der Waals surface area contributed by atoms with Crippen molar-refractivity contribution in [3.05, 3.63) is 35.4 Å². The Labute approximate surface area is 93.5 Å². The molecule has 0 aliphatic rings. The number of Topliss-reactive ketones (excluding diaryl/α,β-unsaturated/α-hetero) is 1. The van der Waals surface area contributed by atoms with Crippen LogP contribution >= 0.6 is 0 Å². The second kappa shape index (κ2) is 4.70. The molecule has 0 saturated carbocycles. The highest BCUT2D eigenvalue weighted by atomic mass is 19.1. The normalized spacial score (nSPS) is 11.6. The summed E-state index contributed by atoms with van der Waals surface area (Å²) in [5.74, 6) is -2.39. The maximum absolute atomic E-state index is 13.4. The summed E-state index contributed by atoms with van der Waals surface area (Å²) in [6.45, 7) is 3.44. The Morgan fingerprint density at radius 3 is 2.06 bits per heavy atom. The highest BCUT2D eigenvalue weighted by Gasteiger charge is 2.34. The molecule has 0 saturated heterocycles. The van der Waals surface area contributed by atoms with Gasteiger partial charge in [0.15, 0.2) is 5.78 Å². The van der Waals surface area contributed by atoms with Gasteiger partial charge in [-0.05, 0) is 25.0 Å². The van der Waals surface area contributed by atoms with Crippen LogP contribution in [0.15, 0.2) is 18.2 Å². The molecule has 0 fully saturated rings. The molecule has 2 N–H and O–H groups in total. The van der Waals surface area contributed by atoms with Gasteiger partial charge in [-0.1, -0.05) is 19.9 Å². The van der Waals surface area contributed by atoms with E-state index in [-0.39, 0.29) is 0 Å². The van der Waals surface area contributed by atoms with Crippen molar-refractivity contribution in [1.29, 1.82) is 0 Å². The Balaban J connectivity index is 3.24. The molecule has 0 radical (unpaired) electrons. The first kappa shape index (κ1) is 12.8. The lowest BCUT2D eigenvalue weighted by molar-refractivity contribution is 0.0870. The first-order valence-corrected chi connectivity index (χ1v) is 5.24. The molecule has 1 rings (SSSR count). The van der Waals surface area contributed by atoms with Crippen LogP contribution in [0.25, 0.3) is 0 Å². The summed E-state index contributed by atoms with van der Waals surface area (Å²) in [4.78, 5) is 12.0. The number of halogens is 2. The van der Waals surface area contributed by atoms with E-state index < -0.39 is 28.5 Å². The zero-order valence-electron chi connectivity index (χ0n) is 9.39. The summed E-state index contributed by atoms with van der Waals surface area (Å²) in [5.41, 5.74) is 4.10. The standard InChI is InChI=1S/C12H15F2NO/c1-3-12(15,4-2)11(16)10-8(13)6-5-7-9(10)14/h5-7H,3-4,15H2,1-2H3. The minimum atomic E-state index is -1.19. The van der Waals surface area contributed by atoms with Gasteiger partial charge in [0.2, 0.25) is 0 Å². The molecule has 4 heteroatoms. The zero-order chi connectivity index (χ0) is 12.3. The van der Waals surface area contributed by atoms with Crippen molar-refractivity contribution in [2.45, 2.75) is 32.2 Å². The van der Waals surface area contributed by atoms with Crippen LogP contribution in [-0.2, 0) is 0 Å². The lowest BCUT2D eigenvalue weighted by Crippen LogP contribution is -2.47. The third-order valence-electron chi connectivity index (χ3n) is 2.90. The van der Waals surface area contributed by atoms with Crippen LogP contribution in [0.1, 0.15) is 37.0 Å². The van der Waals surface area contributed by atoms with Gasteiger partial charge in [-0.3, -0.25) is 4.79 Å². The van der Waals surface area contributed by atoms with Gasteiger partial charge in [0.25, 0.3) is 0 Å². The van der Waals surface area contributed by atoms with Crippen LogP contribution in [-0.4, -0.2) is 11.3 Å². The van der Waals surface area contributed by atoms with E-state index in [9.17, 15) is 13.6 Å². The van der Waals surface area contributed by atoms with Crippen LogP contribution in [0.3, 0.4) is 0 Å². The predicted octanol–water partition coefficient (Wildman–Crippen LogP) is 2.67. The van der Waals surface area contributed by atoms with Crippen molar-refractivity contribution in [3.8, 4) is 0 Å². The summed E-state index contributed by atoms with van der Waals surface area (Å²) in [6, 6.07) is 3.33. The van der Waals surface area contributed by atoms with E-state index >= 15 is 0 Å². The number of rotatable bonds is 4.